The molecular weight excluding hydrogens is 256 g/mol. The number of aryl methyl sites for hydroxylation is 1. The second kappa shape index (κ2) is 4.92. The number of thiophene rings is 1. The van der Waals surface area contributed by atoms with Crippen molar-refractivity contribution in [3.63, 3.8) is 0 Å². The highest BCUT2D eigenvalue weighted by atomic mass is 32.1. The predicted octanol–water partition coefficient (Wildman–Crippen LogP) is 2.94. The first kappa shape index (κ1) is 12.2. The van der Waals surface area contributed by atoms with Crippen molar-refractivity contribution in [2.75, 3.05) is 0 Å². The van der Waals surface area contributed by atoms with Gasteiger partial charge in [0.1, 0.15) is 0 Å². The van der Waals surface area contributed by atoms with Gasteiger partial charge in [0.2, 0.25) is 5.76 Å². The van der Waals surface area contributed by atoms with Crippen LogP contribution < -0.4 is 0 Å². The summed E-state index contributed by atoms with van der Waals surface area (Å²) in [6.07, 6.45) is 3.77. The molecule has 0 spiro atoms. The van der Waals surface area contributed by atoms with Crippen molar-refractivity contribution in [3.05, 3.63) is 43.5 Å². The van der Waals surface area contributed by atoms with Crippen molar-refractivity contribution in [2.45, 2.75) is 6.92 Å². The van der Waals surface area contributed by atoms with Gasteiger partial charge in [0.25, 0.3) is 0 Å². The highest BCUT2D eigenvalue weighted by Gasteiger charge is 2.21. The lowest BCUT2D eigenvalue weighted by Gasteiger charge is -1.89. The van der Waals surface area contributed by atoms with Crippen LogP contribution in [-0.4, -0.2) is 16.4 Å². The molecule has 2 heterocycles. The third-order valence-electron chi connectivity index (χ3n) is 2.28. The number of aromatic nitrogens is 1. The maximum Gasteiger partial charge on any atom is 0.338 e. The van der Waals surface area contributed by atoms with Crippen LogP contribution in [0.4, 0.5) is 5.69 Å². The maximum absolute atomic E-state index is 10.8. The minimum absolute atomic E-state index is 0.0720. The highest BCUT2D eigenvalue weighted by molar-refractivity contribution is 7.11. The van der Waals surface area contributed by atoms with Crippen LogP contribution in [0.25, 0.3) is 12.2 Å². The zero-order valence-electron chi connectivity index (χ0n) is 9.32. The Morgan fingerprint density at radius 1 is 1.50 bits per heavy atom. The van der Waals surface area contributed by atoms with Crippen LogP contribution in [0.1, 0.15) is 26.7 Å². The zero-order valence-corrected chi connectivity index (χ0v) is 10.1. The monoisotopic (exact) mass is 264 g/mol. The molecule has 0 saturated carbocycles. The SMILES string of the molecule is Cc1noc(/C=C\c2sccc2C=O)c1[N+](=O)[O-]. The van der Waals surface area contributed by atoms with E-state index in [1.807, 2.05) is 0 Å². The van der Waals surface area contributed by atoms with Crippen molar-refractivity contribution in [1.29, 1.82) is 0 Å². The van der Waals surface area contributed by atoms with Gasteiger partial charge >= 0.3 is 5.69 Å². The normalized spacial score (nSPS) is 10.9. The van der Waals surface area contributed by atoms with E-state index in [-0.39, 0.29) is 17.1 Å². The summed E-state index contributed by atoms with van der Waals surface area (Å²) in [6.45, 7) is 1.50. The Morgan fingerprint density at radius 2 is 2.28 bits per heavy atom. The van der Waals surface area contributed by atoms with Gasteiger partial charge in [-0.1, -0.05) is 5.16 Å². The van der Waals surface area contributed by atoms with Gasteiger partial charge < -0.3 is 4.52 Å². The molecule has 6 nitrogen and oxygen atoms in total. The van der Waals surface area contributed by atoms with E-state index < -0.39 is 4.92 Å². The topological polar surface area (TPSA) is 86.2 Å². The van der Waals surface area contributed by atoms with Crippen molar-refractivity contribution < 1.29 is 14.2 Å². The Labute approximate surface area is 106 Å². The van der Waals surface area contributed by atoms with Crippen molar-refractivity contribution in [2.24, 2.45) is 0 Å². The van der Waals surface area contributed by atoms with Gasteiger partial charge in [0.05, 0.1) is 4.92 Å². The molecule has 2 aromatic rings. The molecule has 2 rings (SSSR count). The molecule has 0 fully saturated rings. The molecule has 0 aliphatic heterocycles. The second-order valence-electron chi connectivity index (χ2n) is 3.43. The number of aldehydes is 1. The summed E-state index contributed by atoms with van der Waals surface area (Å²) < 4.78 is 4.87. The van der Waals surface area contributed by atoms with E-state index in [2.05, 4.69) is 5.16 Å². The molecule has 0 atom stereocenters. The quantitative estimate of drug-likeness (QED) is 0.481. The van der Waals surface area contributed by atoms with Gasteiger partial charge in [-0.15, -0.1) is 11.3 Å². The fourth-order valence-electron chi connectivity index (χ4n) is 1.43. The number of hydrogen-bond acceptors (Lipinski definition) is 6. The minimum Gasteiger partial charge on any atom is -0.349 e. The summed E-state index contributed by atoms with van der Waals surface area (Å²) in [5.74, 6) is 0.0720. The molecule has 0 amide bonds. The highest BCUT2D eigenvalue weighted by Crippen LogP contribution is 2.25. The molecule has 0 aliphatic carbocycles. The van der Waals surface area contributed by atoms with Crippen LogP contribution >= 0.6 is 11.3 Å². The molecule has 2 aromatic heterocycles. The van der Waals surface area contributed by atoms with E-state index in [0.717, 1.165) is 6.29 Å². The van der Waals surface area contributed by atoms with Gasteiger partial charge in [-0.05, 0) is 30.5 Å². The van der Waals surface area contributed by atoms with Gasteiger partial charge in [0.15, 0.2) is 12.0 Å². The van der Waals surface area contributed by atoms with E-state index in [1.54, 1.807) is 17.5 Å². The van der Waals surface area contributed by atoms with E-state index >= 15 is 0 Å². The van der Waals surface area contributed by atoms with Gasteiger partial charge in [-0.2, -0.15) is 0 Å². The molecule has 0 N–H and O–H groups in total. The molecule has 92 valence electrons. The van der Waals surface area contributed by atoms with Crippen LogP contribution in [0.2, 0.25) is 0 Å². The Bertz CT molecular complexity index is 627. The summed E-state index contributed by atoms with van der Waals surface area (Å²) >= 11 is 1.36. The Balaban J connectivity index is 2.35. The Kier molecular flexibility index (Phi) is 3.33. The largest absolute Gasteiger partial charge is 0.349 e. The maximum atomic E-state index is 10.8. The number of rotatable bonds is 4. The smallest absolute Gasteiger partial charge is 0.338 e. The van der Waals surface area contributed by atoms with E-state index in [0.29, 0.717) is 10.4 Å². The zero-order chi connectivity index (χ0) is 13.1. The molecular formula is C11H8N2O4S. The lowest BCUT2D eigenvalue weighted by molar-refractivity contribution is -0.386. The number of hydrogen-bond donors (Lipinski definition) is 0. The molecule has 7 heteroatoms. The van der Waals surface area contributed by atoms with Gasteiger partial charge in [-0.25, -0.2) is 0 Å². The van der Waals surface area contributed by atoms with Crippen molar-refractivity contribution >= 4 is 35.5 Å². The lowest BCUT2D eigenvalue weighted by Crippen LogP contribution is -1.90. The first-order valence-electron chi connectivity index (χ1n) is 4.95. The van der Waals surface area contributed by atoms with Gasteiger partial charge in [-0.3, -0.25) is 14.9 Å². The standard InChI is InChI=1S/C11H8N2O4S/c1-7-11(13(15)16)9(17-12-7)2-3-10-8(6-14)4-5-18-10/h2-6H,1H3/b3-2-. The minimum atomic E-state index is -0.541. The average Bonchev–Trinajstić information content (AvgIpc) is 2.92. The predicted molar refractivity (Wildman–Crippen MR) is 66.5 cm³/mol. The number of nitrogens with zero attached hydrogens (tertiary/aromatic N) is 2. The summed E-state index contributed by atoms with van der Waals surface area (Å²) in [5.41, 5.74) is 0.604. The molecule has 18 heavy (non-hydrogen) atoms. The summed E-state index contributed by atoms with van der Waals surface area (Å²) in [5, 5.41) is 16.1. The third kappa shape index (κ3) is 2.21. The molecule has 0 saturated heterocycles. The molecule has 0 aliphatic rings. The summed E-state index contributed by atoms with van der Waals surface area (Å²) in [4.78, 5) is 21.7. The molecule has 0 radical (unpaired) electrons. The third-order valence-corrected chi connectivity index (χ3v) is 3.18. The van der Waals surface area contributed by atoms with E-state index in [9.17, 15) is 14.9 Å². The van der Waals surface area contributed by atoms with Crippen LogP contribution in [-0.2, 0) is 0 Å². The lowest BCUT2D eigenvalue weighted by atomic mass is 10.2. The first-order valence-corrected chi connectivity index (χ1v) is 5.83. The fraction of sp³-hybridized carbons (Fsp3) is 0.0909. The molecule has 0 bridgehead atoms. The van der Waals surface area contributed by atoms with Crippen molar-refractivity contribution in [3.8, 4) is 0 Å². The summed E-state index contributed by atoms with van der Waals surface area (Å²) in [6, 6.07) is 1.68. The number of carbonyl (C=O) groups excluding carboxylic acids is 1. The molecule has 0 aromatic carbocycles. The van der Waals surface area contributed by atoms with Crippen LogP contribution in [0, 0.1) is 17.0 Å². The number of nitro groups is 1. The fourth-order valence-corrected chi connectivity index (χ4v) is 2.19. The second-order valence-corrected chi connectivity index (χ2v) is 4.38. The van der Waals surface area contributed by atoms with E-state index in [4.69, 9.17) is 4.52 Å². The Morgan fingerprint density at radius 3 is 2.94 bits per heavy atom. The van der Waals surface area contributed by atoms with Crippen LogP contribution in [0.5, 0.6) is 0 Å². The summed E-state index contributed by atoms with van der Waals surface area (Å²) in [7, 11) is 0. The number of carbonyl (C=O) groups is 1. The van der Waals surface area contributed by atoms with E-state index in [1.165, 1.54) is 24.3 Å². The van der Waals surface area contributed by atoms with Crippen LogP contribution in [0.15, 0.2) is 16.0 Å². The van der Waals surface area contributed by atoms with Crippen molar-refractivity contribution in [1.82, 2.24) is 5.16 Å². The van der Waals surface area contributed by atoms with Crippen LogP contribution in [0.3, 0.4) is 0 Å². The molecule has 0 unspecified atom stereocenters. The average molecular weight is 264 g/mol. The van der Waals surface area contributed by atoms with Gasteiger partial charge in [0, 0.05) is 10.4 Å². The Hall–Kier alpha value is -2.28. The first-order chi connectivity index (χ1) is 8.63.